The Bertz CT molecular complexity index is 726. The molecule has 148 valence electrons. The first-order valence-electron chi connectivity index (χ1n) is 10.4. The summed E-state index contributed by atoms with van der Waals surface area (Å²) in [7, 11) is 0. The second-order valence-electron chi connectivity index (χ2n) is 10.0. The molecule has 27 heavy (non-hydrogen) atoms. The van der Waals surface area contributed by atoms with E-state index < -0.39 is 16.4 Å². The van der Waals surface area contributed by atoms with Crippen LogP contribution in [-0.4, -0.2) is 29.1 Å². The fraction of sp³-hybridized carbons (Fsp3) is 0.739. The molecule has 4 nitrogen and oxygen atoms in total. The maximum atomic E-state index is 13.2. The van der Waals surface area contributed by atoms with Gasteiger partial charge >= 0.3 is 5.97 Å². The summed E-state index contributed by atoms with van der Waals surface area (Å²) in [5.41, 5.74) is -1.64. The third-order valence-electron chi connectivity index (χ3n) is 8.86. The van der Waals surface area contributed by atoms with Crippen molar-refractivity contribution < 1.29 is 19.4 Å². The predicted octanol–water partition coefficient (Wildman–Crippen LogP) is 3.98. The van der Waals surface area contributed by atoms with E-state index in [0.29, 0.717) is 18.4 Å². The van der Waals surface area contributed by atoms with Gasteiger partial charge in [0.2, 0.25) is 0 Å². The molecule has 0 aromatic carbocycles. The Kier molecular flexibility index (Phi) is 4.06. The van der Waals surface area contributed by atoms with E-state index in [1.54, 1.807) is 6.08 Å². The number of hydrogen-bond acceptors (Lipinski definition) is 4. The van der Waals surface area contributed by atoms with Crippen LogP contribution in [0, 0.1) is 28.1 Å². The number of rotatable bonds is 3. The number of aliphatic hydroxyl groups is 1. The Morgan fingerprint density at radius 1 is 1.22 bits per heavy atom. The van der Waals surface area contributed by atoms with Crippen LogP contribution in [0.5, 0.6) is 0 Å². The Hall–Kier alpha value is -1.42. The van der Waals surface area contributed by atoms with Gasteiger partial charge in [-0.25, -0.2) is 0 Å². The van der Waals surface area contributed by atoms with Gasteiger partial charge in [-0.15, -0.1) is 0 Å². The monoisotopic (exact) mass is 372 g/mol. The zero-order chi connectivity index (χ0) is 19.7. The van der Waals surface area contributed by atoms with Gasteiger partial charge in [0.25, 0.3) is 0 Å². The summed E-state index contributed by atoms with van der Waals surface area (Å²) >= 11 is 0. The van der Waals surface area contributed by atoms with Crippen LogP contribution in [0.1, 0.15) is 65.2 Å². The molecular weight excluding hydrogens is 340 g/mol. The average Bonchev–Trinajstić information content (AvgIpc) is 2.76. The molecule has 0 aromatic rings. The fourth-order valence-corrected chi connectivity index (χ4v) is 7.66. The quantitative estimate of drug-likeness (QED) is 0.462. The number of hydrogen-bond donors (Lipinski definition) is 1. The fourth-order valence-electron chi connectivity index (χ4n) is 7.66. The first kappa shape index (κ1) is 18.9. The molecule has 0 heterocycles. The Morgan fingerprint density at radius 2 is 1.93 bits per heavy atom. The smallest absolute Gasteiger partial charge is 0.312 e. The molecule has 0 radical (unpaired) electrons. The van der Waals surface area contributed by atoms with Gasteiger partial charge in [0.1, 0.15) is 6.61 Å². The highest BCUT2D eigenvalue weighted by Crippen LogP contribution is 2.71. The van der Waals surface area contributed by atoms with Crippen LogP contribution in [0.4, 0.5) is 0 Å². The summed E-state index contributed by atoms with van der Waals surface area (Å²) in [6.45, 7) is 12.2. The zero-order valence-corrected chi connectivity index (χ0v) is 16.7. The van der Waals surface area contributed by atoms with Crippen molar-refractivity contribution in [1.29, 1.82) is 0 Å². The topological polar surface area (TPSA) is 63.6 Å². The Labute approximate surface area is 162 Å². The van der Waals surface area contributed by atoms with E-state index in [-0.39, 0.29) is 35.6 Å². The summed E-state index contributed by atoms with van der Waals surface area (Å²) in [4.78, 5) is 26.2. The summed E-state index contributed by atoms with van der Waals surface area (Å²) in [6, 6.07) is 0. The third kappa shape index (κ3) is 2.25. The van der Waals surface area contributed by atoms with E-state index in [9.17, 15) is 14.7 Å². The lowest BCUT2D eigenvalue weighted by molar-refractivity contribution is -0.190. The number of fused-ring (bicyclic) bond motifs is 3. The molecule has 1 N–H and O–H groups in total. The summed E-state index contributed by atoms with van der Waals surface area (Å²) in [5, 5.41) is 11.0. The number of ketones is 1. The molecule has 4 saturated carbocycles. The molecule has 1 spiro atoms. The molecule has 6 atom stereocenters. The Morgan fingerprint density at radius 3 is 2.63 bits per heavy atom. The van der Waals surface area contributed by atoms with Crippen LogP contribution in [0.3, 0.4) is 0 Å². The molecule has 0 aliphatic heterocycles. The minimum absolute atomic E-state index is 0.0833. The van der Waals surface area contributed by atoms with Crippen LogP contribution < -0.4 is 0 Å². The van der Waals surface area contributed by atoms with Crippen LogP contribution in [0.2, 0.25) is 0 Å². The van der Waals surface area contributed by atoms with E-state index in [1.807, 2.05) is 0 Å². The second-order valence-corrected chi connectivity index (χ2v) is 10.0. The first-order chi connectivity index (χ1) is 12.6. The number of ether oxygens (including phenoxy) is 1. The highest BCUT2D eigenvalue weighted by atomic mass is 16.5. The molecule has 0 amide bonds. The first-order valence-corrected chi connectivity index (χ1v) is 10.4. The van der Waals surface area contributed by atoms with Crippen LogP contribution in [-0.2, 0) is 14.3 Å². The van der Waals surface area contributed by atoms with Crippen molar-refractivity contribution in [2.24, 2.45) is 28.1 Å². The molecular formula is C23H32O4. The lowest BCUT2D eigenvalue weighted by Crippen LogP contribution is -2.60. The molecule has 4 heteroatoms. The van der Waals surface area contributed by atoms with Crippen molar-refractivity contribution >= 4 is 11.8 Å². The van der Waals surface area contributed by atoms with E-state index in [0.717, 1.165) is 38.5 Å². The molecule has 0 unspecified atom stereocenters. The highest BCUT2D eigenvalue weighted by Gasteiger charge is 2.71. The van der Waals surface area contributed by atoms with Gasteiger partial charge in [-0.05, 0) is 69.1 Å². The number of carbonyl (C=O) groups excluding carboxylic acids is 2. The van der Waals surface area contributed by atoms with Crippen molar-refractivity contribution in [3.8, 4) is 0 Å². The molecule has 4 rings (SSSR count). The minimum Gasteiger partial charge on any atom is -0.461 e. The summed E-state index contributed by atoms with van der Waals surface area (Å²) in [5.74, 6) is 0.389. The van der Waals surface area contributed by atoms with E-state index >= 15 is 0 Å². The van der Waals surface area contributed by atoms with Crippen LogP contribution in [0.15, 0.2) is 24.8 Å². The van der Waals surface area contributed by atoms with Gasteiger partial charge in [0.05, 0.1) is 11.0 Å². The van der Waals surface area contributed by atoms with E-state index in [4.69, 9.17) is 4.74 Å². The number of carbonyl (C=O) groups is 2. The maximum absolute atomic E-state index is 13.2. The van der Waals surface area contributed by atoms with Crippen molar-refractivity contribution in [3.05, 3.63) is 24.8 Å². The normalized spacial score (nSPS) is 48.6. The standard InChI is InChI=1S/C23H32O4/c1-5-13-27-19(25)21(4)10-6-9-20(3)16(21)7-11-22-14-23(26,12-8-17(20)22)15(2)18(22)24/h5,16-17,26H,1-2,6-14H2,3-4H3/t16-,17-,20+,21+,22+,23-/m0/s1. The van der Waals surface area contributed by atoms with Crippen molar-refractivity contribution in [2.75, 3.05) is 6.61 Å². The summed E-state index contributed by atoms with van der Waals surface area (Å²) < 4.78 is 5.50. The second kappa shape index (κ2) is 5.79. The van der Waals surface area contributed by atoms with Crippen LogP contribution in [0.25, 0.3) is 0 Å². The average molecular weight is 373 g/mol. The van der Waals surface area contributed by atoms with E-state index in [2.05, 4.69) is 27.0 Å². The van der Waals surface area contributed by atoms with Crippen molar-refractivity contribution in [1.82, 2.24) is 0 Å². The SMILES string of the molecule is C=CCOC(=O)[C@]1(C)CCC[C@@]2(C)[C@@H]3CC[C@]4(O)C[C@@]3(CC[C@@H]21)C(=O)C4=C. The van der Waals surface area contributed by atoms with E-state index in [1.165, 1.54) is 0 Å². The maximum Gasteiger partial charge on any atom is 0.312 e. The molecule has 4 aliphatic carbocycles. The van der Waals surface area contributed by atoms with Gasteiger partial charge in [-0.3, -0.25) is 9.59 Å². The molecule has 4 aliphatic rings. The van der Waals surface area contributed by atoms with Crippen molar-refractivity contribution in [2.45, 2.75) is 70.8 Å². The van der Waals surface area contributed by atoms with Gasteiger partial charge in [0.15, 0.2) is 5.78 Å². The number of esters is 1. The van der Waals surface area contributed by atoms with Gasteiger partial charge in [-0.2, -0.15) is 0 Å². The third-order valence-corrected chi connectivity index (χ3v) is 8.86. The lowest BCUT2D eigenvalue weighted by Gasteiger charge is -2.63. The van der Waals surface area contributed by atoms with Crippen molar-refractivity contribution in [3.63, 3.8) is 0 Å². The molecule has 0 saturated heterocycles. The predicted molar refractivity (Wildman–Crippen MR) is 103 cm³/mol. The number of Topliss-reactive ketones (excluding diaryl/α,β-unsaturated/α-hetero) is 1. The molecule has 2 bridgehead atoms. The van der Waals surface area contributed by atoms with Gasteiger partial charge in [0, 0.05) is 11.0 Å². The zero-order valence-electron chi connectivity index (χ0n) is 16.7. The molecule has 4 fully saturated rings. The Balaban J connectivity index is 1.72. The largest absolute Gasteiger partial charge is 0.461 e. The van der Waals surface area contributed by atoms with Gasteiger partial charge in [-0.1, -0.05) is 32.6 Å². The highest BCUT2D eigenvalue weighted by molar-refractivity contribution is 6.04. The molecule has 0 aromatic heterocycles. The minimum atomic E-state index is -1.00. The summed E-state index contributed by atoms with van der Waals surface area (Å²) in [6.07, 6.45) is 8.03. The van der Waals surface area contributed by atoms with Crippen LogP contribution >= 0.6 is 0 Å². The lowest BCUT2D eigenvalue weighted by atomic mass is 9.40. The van der Waals surface area contributed by atoms with Gasteiger partial charge < -0.3 is 9.84 Å².